The van der Waals surface area contributed by atoms with Gasteiger partial charge in [0, 0.05) is 18.3 Å². The van der Waals surface area contributed by atoms with E-state index in [0.29, 0.717) is 12.1 Å². The quantitative estimate of drug-likeness (QED) is 0.790. The van der Waals surface area contributed by atoms with E-state index in [-0.39, 0.29) is 0 Å². The van der Waals surface area contributed by atoms with Crippen molar-refractivity contribution >= 4 is 5.97 Å². The Balaban J connectivity index is 2.67. The molecular weight excluding hydrogens is 244 g/mol. The van der Waals surface area contributed by atoms with Crippen LogP contribution in [0.5, 0.6) is 0 Å². The van der Waals surface area contributed by atoms with Crippen LogP contribution in [0, 0.1) is 0 Å². The average molecular weight is 266 g/mol. The molecule has 0 amide bonds. The Morgan fingerprint density at radius 1 is 1.37 bits per heavy atom. The molecule has 5 nitrogen and oxygen atoms in total. The molecule has 2 N–H and O–H groups in total. The lowest BCUT2D eigenvalue weighted by Gasteiger charge is -2.38. The van der Waals surface area contributed by atoms with E-state index >= 15 is 0 Å². The van der Waals surface area contributed by atoms with Gasteiger partial charge in [-0.15, -0.1) is 0 Å². The van der Waals surface area contributed by atoms with Gasteiger partial charge in [-0.05, 0) is 39.8 Å². The highest BCUT2D eigenvalue weighted by molar-refractivity contribution is 5.88. The van der Waals surface area contributed by atoms with Crippen LogP contribution in [0.25, 0.3) is 0 Å². The number of carbonyl (C=O) groups excluding carboxylic acids is 1. The van der Waals surface area contributed by atoms with Crippen LogP contribution in [-0.2, 0) is 11.3 Å². The van der Waals surface area contributed by atoms with Crippen molar-refractivity contribution in [1.29, 1.82) is 0 Å². The first kappa shape index (κ1) is 15.6. The normalized spacial score (nSPS) is 12.3. The SMILES string of the molecule is COC(=O)c1ccc(CNC(C)(C)C(C)(C)O)nc1. The highest BCUT2D eigenvalue weighted by atomic mass is 16.5. The molecule has 1 rings (SSSR count). The van der Waals surface area contributed by atoms with Crippen LogP contribution in [0.1, 0.15) is 43.7 Å². The third-order valence-corrected chi connectivity index (χ3v) is 3.49. The maximum atomic E-state index is 11.3. The molecule has 5 heteroatoms. The van der Waals surface area contributed by atoms with Crippen LogP contribution >= 0.6 is 0 Å². The summed E-state index contributed by atoms with van der Waals surface area (Å²) >= 11 is 0. The molecule has 0 fully saturated rings. The molecule has 19 heavy (non-hydrogen) atoms. The summed E-state index contributed by atoms with van der Waals surface area (Å²) in [6.45, 7) is 7.88. The molecule has 1 aromatic rings. The van der Waals surface area contributed by atoms with Crippen molar-refractivity contribution in [3.63, 3.8) is 0 Å². The molecule has 0 aliphatic heterocycles. The van der Waals surface area contributed by atoms with Gasteiger partial charge in [0.15, 0.2) is 0 Å². The van der Waals surface area contributed by atoms with Crippen LogP contribution in [0.2, 0.25) is 0 Å². The number of methoxy groups -OCH3 is 1. The monoisotopic (exact) mass is 266 g/mol. The molecule has 0 atom stereocenters. The van der Waals surface area contributed by atoms with Crippen molar-refractivity contribution in [2.24, 2.45) is 0 Å². The second-order valence-electron chi connectivity index (χ2n) is 5.57. The zero-order chi connectivity index (χ0) is 14.7. The molecule has 0 unspecified atom stereocenters. The fourth-order valence-electron chi connectivity index (χ4n) is 1.30. The smallest absolute Gasteiger partial charge is 0.339 e. The number of aliphatic hydroxyl groups is 1. The highest BCUT2D eigenvalue weighted by Crippen LogP contribution is 2.20. The Morgan fingerprint density at radius 2 is 2.00 bits per heavy atom. The van der Waals surface area contributed by atoms with Gasteiger partial charge in [0.2, 0.25) is 0 Å². The third-order valence-electron chi connectivity index (χ3n) is 3.49. The number of hydrogen-bond donors (Lipinski definition) is 2. The zero-order valence-corrected chi connectivity index (χ0v) is 12.2. The summed E-state index contributed by atoms with van der Waals surface area (Å²) in [6.07, 6.45) is 1.49. The minimum absolute atomic E-state index is 0.399. The van der Waals surface area contributed by atoms with Gasteiger partial charge in [-0.3, -0.25) is 4.98 Å². The van der Waals surface area contributed by atoms with Crippen molar-refractivity contribution < 1.29 is 14.6 Å². The number of aromatic nitrogens is 1. The van der Waals surface area contributed by atoms with E-state index in [0.717, 1.165) is 5.69 Å². The number of rotatable bonds is 5. The first-order valence-corrected chi connectivity index (χ1v) is 6.18. The highest BCUT2D eigenvalue weighted by Gasteiger charge is 2.34. The average Bonchev–Trinajstić information content (AvgIpc) is 2.35. The number of pyridine rings is 1. The van der Waals surface area contributed by atoms with Gasteiger partial charge in [0.25, 0.3) is 0 Å². The van der Waals surface area contributed by atoms with Crippen LogP contribution < -0.4 is 5.32 Å². The molecule has 0 bridgehead atoms. The number of esters is 1. The Labute approximate surface area is 114 Å². The van der Waals surface area contributed by atoms with E-state index in [9.17, 15) is 9.90 Å². The maximum absolute atomic E-state index is 11.3. The van der Waals surface area contributed by atoms with E-state index in [1.165, 1.54) is 13.3 Å². The van der Waals surface area contributed by atoms with E-state index in [1.54, 1.807) is 26.0 Å². The summed E-state index contributed by atoms with van der Waals surface area (Å²) in [5, 5.41) is 13.3. The van der Waals surface area contributed by atoms with Gasteiger partial charge in [-0.2, -0.15) is 0 Å². The van der Waals surface area contributed by atoms with Crippen LogP contribution in [0.3, 0.4) is 0 Å². The maximum Gasteiger partial charge on any atom is 0.339 e. The first-order chi connectivity index (χ1) is 8.67. The fraction of sp³-hybridized carbons (Fsp3) is 0.571. The van der Waals surface area contributed by atoms with Gasteiger partial charge in [-0.25, -0.2) is 4.79 Å². The predicted molar refractivity (Wildman–Crippen MR) is 72.8 cm³/mol. The van der Waals surface area contributed by atoms with E-state index in [1.807, 2.05) is 13.8 Å². The lowest BCUT2D eigenvalue weighted by molar-refractivity contribution is -0.00545. The summed E-state index contributed by atoms with van der Waals surface area (Å²) in [6, 6.07) is 3.44. The molecule has 106 valence electrons. The molecule has 0 spiro atoms. The number of nitrogens with one attached hydrogen (secondary N) is 1. The Bertz CT molecular complexity index is 433. The molecule has 1 heterocycles. The minimum Gasteiger partial charge on any atom is -0.465 e. The Kier molecular flexibility index (Phi) is 4.66. The standard InChI is InChI=1S/C14H22N2O3/c1-13(2,14(3,4)18)16-9-11-7-6-10(8-15-11)12(17)19-5/h6-8,16,18H,9H2,1-5H3. The van der Waals surface area contributed by atoms with Crippen molar-refractivity contribution in [2.45, 2.75) is 45.4 Å². The van der Waals surface area contributed by atoms with Gasteiger partial charge in [0.05, 0.1) is 24.0 Å². The molecule has 0 aliphatic rings. The molecule has 0 aliphatic carbocycles. The van der Waals surface area contributed by atoms with Crippen molar-refractivity contribution in [3.05, 3.63) is 29.6 Å². The van der Waals surface area contributed by atoms with E-state index in [4.69, 9.17) is 0 Å². The number of hydrogen-bond acceptors (Lipinski definition) is 5. The topological polar surface area (TPSA) is 71.5 Å². The predicted octanol–water partition coefficient (Wildman–Crippen LogP) is 1.51. The summed E-state index contributed by atoms with van der Waals surface area (Å²) in [5.74, 6) is -0.399. The molecular formula is C14H22N2O3. The van der Waals surface area contributed by atoms with Crippen molar-refractivity contribution in [1.82, 2.24) is 10.3 Å². The second kappa shape index (κ2) is 5.67. The minimum atomic E-state index is -0.848. The van der Waals surface area contributed by atoms with Gasteiger partial charge in [0.1, 0.15) is 0 Å². The Hall–Kier alpha value is -1.46. The van der Waals surface area contributed by atoms with Crippen LogP contribution in [0.15, 0.2) is 18.3 Å². The van der Waals surface area contributed by atoms with Gasteiger partial charge < -0.3 is 15.2 Å². The van der Waals surface area contributed by atoms with Crippen molar-refractivity contribution in [3.8, 4) is 0 Å². The fourth-order valence-corrected chi connectivity index (χ4v) is 1.30. The molecule has 0 radical (unpaired) electrons. The molecule has 0 aromatic carbocycles. The summed E-state index contributed by atoms with van der Waals surface area (Å²) in [4.78, 5) is 15.5. The summed E-state index contributed by atoms with van der Waals surface area (Å²) in [5.41, 5.74) is -0.0766. The Morgan fingerprint density at radius 3 is 2.42 bits per heavy atom. The zero-order valence-electron chi connectivity index (χ0n) is 12.2. The number of carbonyl (C=O) groups is 1. The van der Waals surface area contributed by atoms with Gasteiger partial charge >= 0.3 is 5.97 Å². The molecule has 0 saturated carbocycles. The molecule has 0 saturated heterocycles. The largest absolute Gasteiger partial charge is 0.465 e. The first-order valence-electron chi connectivity index (χ1n) is 6.18. The van der Waals surface area contributed by atoms with Crippen LogP contribution in [-0.4, -0.2) is 34.3 Å². The van der Waals surface area contributed by atoms with E-state index < -0.39 is 17.1 Å². The number of ether oxygens (including phenoxy) is 1. The van der Waals surface area contributed by atoms with Gasteiger partial charge in [-0.1, -0.05) is 0 Å². The van der Waals surface area contributed by atoms with E-state index in [2.05, 4.69) is 15.0 Å². The second-order valence-corrected chi connectivity index (χ2v) is 5.57. The lowest BCUT2D eigenvalue weighted by Crippen LogP contribution is -2.55. The van der Waals surface area contributed by atoms with Crippen molar-refractivity contribution in [2.75, 3.05) is 7.11 Å². The van der Waals surface area contributed by atoms with Crippen LogP contribution in [0.4, 0.5) is 0 Å². The number of nitrogens with zero attached hydrogens (tertiary/aromatic N) is 1. The summed E-state index contributed by atoms with van der Waals surface area (Å²) in [7, 11) is 1.34. The summed E-state index contributed by atoms with van der Waals surface area (Å²) < 4.78 is 4.61. The third kappa shape index (κ3) is 4.01. The molecule has 1 aromatic heterocycles. The lowest BCUT2D eigenvalue weighted by atomic mass is 9.86.